The van der Waals surface area contributed by atoms with Crippen LogP contribution in [0.4, 0.5) is 0 Å². The molecular formula is C21H23N3O3. The number of aromatic nitrogens is 2. The highest BCUT2D eigenvalue weighted by atomic mass is 16.5. The molecule has 0 atom stereocenters. The number of ether oxygens (including phenoxy) is 1. The van der Waals surface area contributed by atoms with Gasteiger partial charge in [-0.2, -0.15) is 0 Å². The van der Waals surface area contributed by atoms with E-state index in [9.17, 15) is 4.79 Å². The van der Waals surface area contributed by atoms with Crippen LogP contribution in [0.25, 0.3) is 10.8 Å². The van der Waals surface area contributed by atoms with Crippen LogP contribution in [0.2, 0.25) is 0 Å². The second-order valence-corrected chi connectivity index (χ2v) is 6.37. The number of hydrogen-bond acceptors (Lipinski definition) is 5. The Hall–Kier alpha value is -3.15. The summed E-state index contributed by atoms with van der Waals surface area (Å²) in [4.78, 5) is 16.6. The Labute approximate surface area is 158 Å². The molecule has 1 heterocycles. The van der Waals surface area contributed by atoms with Crippen LogP contribution >= 0.6 is 0 Å². The summed E-state index contributed by atoms with van der Waals surface area (Å²) in [7, 11) is 1.39. The Morgan fingerprint density at radius 2 is 2.04 bits per heavy atom. The molecule has 0 spiro atoms. The van der Waals surface area contributed by atoms with Crippen molar-refractivity contribution in [3.63, 3.8) is 0 Å². The first-order valence-electron chi connectivity index (χ1n) is 9.00. The summed E-state index contributed by atoms with van der Waals surface area (Å²) in [6.45, 7) is 2.76. The lowest BCUT2D eigenvalue weighted by Gasteiger charge is -2.12. The lowest BCUT2D eigenvalue weighted by atomic mass is 9.99. The quantitative estimate of drug-likeness (QED) is 0.297. The fourth-order valence-corrected chi connectivity index (χ4v) is 3.24. The molecule has 0 aliphatic heterocycles. The van der Waals surface area contributed by atoms with Gasteiger partial charge in [0.25, 0.3) is 0 Å². The molecule has 1 aromatic heterocycles. The van der Waals surface area contributed by atoms with E-state index in [0.29, 0.717) is 17.8 Å². The van der Waals surface area contributed by atoms with Crippen molar-refractivity contribution in [1.82, 2.24) is 9.55 Å². The van der Waals surface area contributed by atoms with E-state index in [4.69, 9.17) is 9.94 Å². The Balaban J connectivity index is 2.03. The number of rotatable bonds is 7. The van der Waals surface area contributed by atoms with E-state index in [2.05, 4.69) is 21.6 Å². The third-order valence-electron chi connectivity index (χ3n) is 4.58. The van der Waals surface area contributed by atoms with Gasteiger partial charge in [-0.25, -0.2) is 9.78 Å². The Morgan fingerprint density at radius 1 is 1.26 bits per heavy atom. The van der Waals surface area contributed by atoms with Gasteiger partial charge >= 0.3 is 5.97 Å². The minimum absolute atomic E-state index is 0.342. The van der Waals surface area contributed by atoms with Crippen molar-refractivity contribution in [2.75, 3.05) is 7.11 Å². The highest BCUT2D eigenvalue weighted by Crippen LogP contribution is 2.25. The molecule has 0 fully saturated rings. The first-order chi connectivity index (χ1) is 13.2. The van der Waals surface area contributed by atoms with Crippen molar-refractivity contribution in [2.45, 2.75) is 32.7 Å². The Morgan fingerprint density at radius 3 is 2.74 bits per heavy atom. The number of carbonyl (C=O) groups is 1. The third kappa shape index (κ3) is 4.00. The molecule has 0 radical (unpaired) electrons. The van der Waals surface area contributed by atoms with Gasteiger partial charge in [-0.1, -0.05) is 48.8 Å². The van der Waals surface area contributed by atoms with Crippen LogP contribution in [0.1, 0.15) is 47.2 Å². The lowest BCUT2D eigenvalue weighted by molar-refractivity contribution is 0.0603. The number of nitrogens with zero attached hydrogens (tertiary/aromatic N) is 3. The fraction of sp³-hybridized carbons (Fsp3) is 0.286. The SMILES string of the molecule is CCCCc1nc(C=NO)cn1Cc1ccc(C(=O)OC)c2ccccc12. The summed E-state index contributed by atoms with van der Waals surface area (Å²) >= 11 is 0. The maximum atomic E-state index is 12.1. The molecule has 6 nitrogen and oxygen atoms in total. The number of carbonyl (C=O) groups excluding carboxylic acids is 1. The minimum atomic E-state index is -0.342. The summed E-state index contributed by atoms with van der Waals surface area (Å²) in [6.07, 6.45) is 6.19. The van der Waals surface area contributed by atoms with E-state index in [1.165, 1.54) is 13.3 Å². The van der Waals surface area contributed by atoms with Crippen LogP contribution in [-0.2, 0) is 17.7 Å². The van der Waals surface area contributed by atoms with Crippen LogP contribution in [0, 0.1) is 0 Å². The molecule has 0 aliphatic carbocycles. The summed E-state index contributed by atoms with van der Waals surface area (Å²) < 4.78 is 6.98. The molecule has 0 saturated carbocycles. The zero-order chi connectivity index (χ0) is 19.2. The molecule has 6 heteroatoms. The molecule has 0 bridgehead atoms. The van der Waals surface area contributed by atoms with Crippen LogP contribution in [0.15, 0.2) is 47.8 Å². The van der Waals surface area contributed by atoms with Crippen molar-refractivity contribution in [2.24, 2.45) is 5.16 Å². The smallest absolute Gasteiger partial charge is 0.338 e. The van der Waals surface area contributed by atoms with E-state index in [1.54, 1.807) is 0 Å². The lowest BCUT2D eigenvalue weighted by Crippen LogP contribution is -2.07. The average molecular weight is 365 g/mol. The standard InChI is InChI=1S/C21H23N3O3/c1-3-4-9-20-23-16(12-22-26)14-24(20)13-15-10-11-19(21(25)27-2)18-8-6-5-7-17(15)18/h5-8,10-12,14,26H,3-4,9,13H2,1-2H3. The van der Waals surface area contributed by atoms with Gasteiger partial charge in [-0.3, -0.25) is 0 Å². The molecule has 27 heavy (non-hydrogen) atoms. The first-order valence-corrected chi connectivity index (χ1v) is 9.00. The monoisotopic (exact) mass is 365 g/mol. The molecular weight excluding hydrogens is 342 g/mol. The fourth-order valence-electron chi connectivity index (χ4n) is 3.24. The van der Waals surface area contributed by atoms with E-state index in [-0.39, 0.29) is 5.97 Å². The number of unbranched alkanes of at least 4 members (excludes halogenated alkanes) is 1. The average Bonchev–Trinajstić information content (AvgIpc) is 3.07. The topological polar surface area (TPSA) is 76.7 Å². The van der Waals surface area contributed by atoms with Crippen molar-refractivity contribution < 1.29 is 14.7 Å². The highest BCUT2D eigenvalue weighted by molar-refractivity contribution is 6.05. The number of oxime groups is 1. The number of fused-ring (bicyclic) bond motifs is 1. The van der Waals surface area contributed by atoms with Gasteiger partial charge in [0.2, 0.25) is 0 Å². The maximum Gasteiger partial charge on any atom is 0.338 e. The number of aryl methyl sites for hydroxylation is 1. The number of methoxy groups -OCH3 is 1. The van der Waals surface area contributed by atoms with Gasteiger partial charge < -0.3 is 14.5 Å². The summed E-state index contributed by atoms with van der Waals surface area (Å²) in [5, 5.41) is 13.8. The van der Waals surface area contributed by atoms with Crippen molar-refractivity contribution >= 4 is 23.0 Å². The zero-order valence-corrected chi connectivity index (χ0v) is 15.6. The van der Waals surface area contributed by atoms with E-state index in [1.807, 2.05) is 42.6 Å². The predicted molar refractivity (Wildman–Crippen MR) is 105 cm³/mol. The molecule has 0 amide bonds. The van der Waals surface area contributed by atoms with Gasteiger partial charge in [-0.15, -0.1) is 0 Å². The molecule has 0 unspecified atom stereocenters. The van der Waals surface area contributed by atoms with Crippen molar-refractivity contribution in [1.29, 1.82) is 0 Å². The third-order valence-corrected chi connectivity index (χ3v) is 4.58. The van der Waals surface area contributed by atoms with Gasteiger partial charge in [-0.05, 0) is 28.8 Å². The van der Waals surface area contributed by atoms with Gasteiger partial charge in [0.1, 0.15) is 11.5 Å². The van der Waals surface area contributed by atoms with Crippen LogP contribution in [0.3, 0.4) is 0 Å². The predicted octanol–water partition coefficient (Wildman–Crippen LogP) is 4.02. The molecule has 3 rings (SSSR count). The summed E-state index contributed by atoms with van der Waals surface area (Å²) in [5.41, 5.74) is 2.27. The molecule has 0 aliphatic rings. The van der Waals surface area contributed by atoms with Crippen molar-refractivity contribution in [3.8, 4) is 0 Å². The second-order valence-electron chi connectivity index (χ2n) is 6.37. The van der Waals surface area contributed by atoms with Crippen LogP contribution in [-0.4, -0.2) is 34.1 Å². The molecule has 2 aromatic carbocycles. The van der Waals surface area contributed by atoms with Crippen LogP contribution in [0.5, 0.6) is 0 Å². The Bertz CT molecular complexity index is 976. The Kier molecular flexibility index (Phi) is 5.86. The van der Waals surface area contributed by atoms with Gasteiger partial charge in [0.15, 0.2) is 0 Å². The molecule has 0 saturated heterocycles. The van der Waals surface area contributed by atoms with Gasteiger partial charge in [0, 0.05) is 19.2 Å². The number of benzene rings is 2. The number of esters is 1. The normalized spacial score (nSPS) is 11.3. The largest absolute Gasteiger partial charge is 0.465 e. The van der Waals surface area contributed by atoms with E-state index < -0.39 is 0 Å². The van der Waals surface area contributed by atoms with Gasteiger partial charge in [0.05, 0.1) is 18.9 Å². The van der Waals surface area contributed by atoms with Crippen LogP contribution < -0.4 is 0 Å². The summed E-state index contributed by atoms with van der Waals surface area (Å²) in [6, 6.07) is 11.6. The van der Waals surface area contributed by atoms with Crippen molar-refractivity contribution in [3.05, 3.63) is 65.2 Å². The molecule has 3 aromatic rings. The number of imidazole rings is 1. The summed E-state index contributed by atoms with van der Waals surface area (Å²) in [5.74, 6) is 0.610. The zero-order valence-electron chi connectivity index (χ0n) is 15.6. The van der Waals surface area contributed by atoms with E-state index in [0.717, 1.165) is 41.4 Å². The number of hydrogen-bond donors (Lipinski definition) is 1. The molecule has 1 N–H and O–H groups in total. The highest BCUT2D eigenvalue weighted by Gasteiger charge is 2.14. The van der Waals surface area contributed by atoms with E-state index >= 15 is 0 Å². The molecule has 140 valence electrons. The first kappa shape index (κ1) is 18.6. The minimum Gasteiger partial charge on any atom is -0.465 e. The maximum absolute atomic E-state index is 12.1. The second kappa shape index (κ2) is 8.49.